The number of hydrogen-bond acceptors (Lipinski definition) is 7. The van der Waals surface area contributed by atoms with E-state index in [0.29, 0.717) is 21.5 Å². The molecule has 0 spiro atoms. The molecule has 1 amide bonds. The Kier molecular flexibility index (Phi) is 6.60. The molecular weight excluding hydrogens is 447 g/mol. The molecule has 166 valence electrons. The fraction of sp³-hybridized carbons (Fsp3) is 0.364. The number of hydrogen-bond donors (Lipinski definition) is 1. The highest BCUT2D eigenvalue weighted by molar-refractivity contribution is 7.99. The van der Waals surface area contributed by atoms with Crippen LogP contribution in [0.1, 0.15) is 41.2 Å². The standard InChI is InChI=1S/C22H23FN6OS2/c1-13(28(2)3)20-26-27-22(29(20)15-9-7-14(23)8-10-15)31-12-19(30)25-21-17(11-24)16-5-4-6-18(16)32-21/h7-10,13H,4-6,12H2,1-3H3,(H,25,30). The van der Waals surface area contributed by atoms with E-state index in [4.69, 9.17) is 0 Å². The summed E-state index contributed by atoms with van der Waals surface area (Å²) in [5.41, 5.74) is 2.40. The van der Waals surface area contributed by atoms with Gasteiger partial charge in [0.1, 0.15) is 16.9 Å². The number of fused-ring (bicyclic) bond motifs is 1. The number of nitrogens with one attached hydrogen (secondary N) is 1. The van der Waals surface area contributed by atoms with Gasteiger partial charge in [-0.3, -0.25) is 14.3 Å². The molecular formula is C22H23FN6OS2. The zero-order valence-electron chi connectivity index (χ0n) is 18.1. The Hall–Kier alpha value is -2.74. The maximum atomic E-state index is 13.5. The molecule has 0 bridgehead atoms. The molecule has 1 aromatic carbocycles. The summed E-state index contributed by atoms with van der Waals surface area (Å²) < 4.78 is 15.3. The zero-order chi connectivity index (χ0) is 22.8. The van der Waals surface area contributed by atoms with E-state index < -0.39 is 0 Å². The Morgan fingerprint density at radius 2 is 2.09 bits per heavy atom. The van der Waals surface area contributed by atoms with Crippen LogP contribution in [-0.4, -0.2) is 45.4 Å². The van der Waals surface area contributed by atoms with Crippen molar-refractivity contribution in [1.29, 1.82) is 5.26 Å². The van der Waals surface area contributed by atoms with Gasteiger partial charge in [0.2, 0.25) is 5.91 Å². The van der Waals surface area contributed by atoms with E-state index in [1.165, 1.54) is 40.1 Å². The molecule has 32 heavy (non-hydrogen) atoms. The van der Waals surface area contributed by atoms with E-state index in [1.54, 1.807) is 12.1 Å². The van der Waals surface area contributed by atoms with Crippen LogP contribution in [0.5, 0.6) is 0 Å². The van der Waals surface area contributed by atoms with Crippen molar-refractivity contribution < 1.29 is 9.18 Å². The highest BCUT2D eigenvalue weighted by atomic mass is 32.2. The number of thioether (sulfide) groups is 1. The third kappa shape index (κ3) is 4.41. The summed E-state index contributed by atoms with van der Waals surface area (Å²) in [6.45, 7) is 2.00. The van der Waals surface area contributed by atoms with Crippen molar-refractivity contribution in [3.63, 3.8) is 0 Å². The van der Waals surface area contributed by atoms with Gasteiger partial charge in [0.15, 0.2) is 11.0 Å². The Labute approximate surface area is 194 Å². The number of benzene rings is 1. The molecule has 3 aromatic rings. The molecule has 0 saturated heterocycles. The van der Waals surface area contributed by atoms with Crippen LogP contribution in [0.25, 0.3) is 5.69 Å². The minimum atomic E-state index is -0.325. The number of nitrogens with zero attached hydrogens (tertiary/aromatic N) is 5. The van der Waals surface area contributed by atoms with Gasteiger partial charge < -0.3 is 5.32 Å². The lowest BCUT2D eigenvalue weighted by Gasteiger charge is -2.20. The average Bonchev–Trinajstić information content (AvgIpc) is 3.46. The molecule has 1 aliphatic rings. The lowest BCUT2D eigenvalue weighted by Crippen LogP contribution is -2.21. The molecule has 0 saturated carbocycles. The third-order valence-corrected chi connectivity index (χ3v) is 7.65. The molecule has 2 heterocycles. The SMILES string of the molecule is CC(c1nnc(SCC(=O)Nc2sc3c(c2C#N)CCC3)n1-c1ccc(F)cc1)N(C)C. The quantitative estimate of drug-likeness (QED) is 0.521. The lowest BCUT2D eigenvalue weighted by atomic mass is 10.1. The number of thiophene rings is 1. The molecule has 1 atom stereocenters. The van der Waals surface area contributed by atoms with Crippen molar-refractivity contribution in [3.8, 4) is 11.8 Å². The first-order valence-electron chi connectivity index (χ1n) is 10.2. The van der Waals surface area contributed by atoms with Crippen LogP contribution in [0, 0.1) is 17.1 Å². The van der Waals surface area contributed by atoms with Gasteiger partial charge in [-0.05, 0) is 70.1 Å². The molecule has 1 aliphatic carbocycles. The van der Waals surface area contributed by atoms with Gasteiger partial charge in [-0.15, -0.1) is 21.5 Å². The molecule has 7 nitrogen and oxygen atoms in total. The smallest absolute Gasteiger partial charge is 0.235 e. The Bertz CT molecular complexity index is 1180. The number of amides is 1. The summed E-state index contributed by atoms with van der Waals surface area (Å²) in [4.78, 5) is 15.9. The van der Waals surface area contributed by atoms with Gasteiger partial charge in [0.05, 0.1) is 17.4 Å². The summed E-state index contributed by atoms with van der Waals surface area (Å²) in [6.07, 6.45) is 2.92. The Morgan fingerprint density at radius 3 is 2.78 bits per heavy atom. The van der Waals surface area contributed by atoms with Crippen molar-refractivity contribution in [3.05, 3.63) is 51.9 Å². The highest BCUT2D eigenvalue weighted by Gasteiger charge is 2.24. The van der Waals surface area contributed by atoms with Crippen molar-refractivity contribution >= 4 is 34.0 Å². The van der Waals surface area contributed by atoms with Crippen LogP contribution in [0.3, 0.4) is 0 Å². The summed E-state index contributed by atoms with van der Waals surface area (Å²) >= 11 is 2.75. The van der Waals surface area contributed by atoms with Gasteiger partial charge in [-0.2, -0.15) is 5.26 Å². The second kappa shape index (κ2) is 9.40. The number of anilines is 1. The third-order valence-electron chi connectivity index (χ3n) is 5.51. The van der Waals surface area contributed by atoms with Crippen molar-refractivity contribution in [2.24, 2.45) is 0 Å². The van der Waals surface area contributed by atoms with E-state index in [2.05, 4.69) is 21.6 Å². The minimum Gasteiger partial charge on any atom is -0.316 e. The summed E-state index contributed by atoms with van der Waals surface area (Å²) in [6, 6.07) is 8.32. The van der Waals surface area contributed by atoms with Gasteiger partial charge in [-0.25, -0.2) is 4.39 Å². The molecule has 0 aliphatic heterocycles. The van der Waals surface area contributed by atoms with Gasteiger partial charge >= 0.3 is 0 Å². The van der Waals surface area contributed by atoms with E-state index in [1.807, 2.05) is 30.5 Å². The molecule has 0 fully saturated rings. The van der Waals surface area contributed by atoms with Gasteiger partial charge in [0, 0.05) is 10.6 Å². The van der Waals surface area contributed by atoms with Crippen molar-refractivity contribution in [2.45, 2.75) is 37.4 Å². The lowest BCUT2D eigenvalue weighted by molar-refractivity contribution is -0.113. The first-order valence-corrected chi connectivity index (χ1v) is 12.0. The second-order valence-electron chi connectivity index (χ2n) is 7.80. The van der Waals surface area contributed by atoms with E-state index in [0.717, 1.165) is 30.5 Å². The summed E-state index contributed by atoms with van der Waals surface area (Å²) in [7, 11) is 3.89. The van der Waals surface area contributed by atoms with Crippen LogP contribution in [0.15, 0.2) is 29.4 Å². The van der Waals surface area contributed by atoms with Crippen LogP contribution in [0.2, 0.25) is 0 Å². The van der Waals surface area contributed by atoms with E-state index >= 15 is 0 Å². The number of rotatable bonds is 7. The van der Waals surface area contributed by atoms with Crippen molar-refractivity contribution in [1.82, 2.24) is 19.7 Å². The van der Waals surface area contributed by atoms with E-state index in [9.17, 15) is 14.4 Å². The molecule has 0 radical (unpaired) electrons. The highest BCUT2D eigenvalue weighted by Crippen LogP contribution is 2.38. The number of halogens is 1. The number of aromatic nitrogens is 3. The molecule has 1 unspecified atom stereocenters. The average molecular weight is 471 g/mol. The van der Waals surface area contributed by atoms with Crippen LogP contribution < -0.4 is 5.32 Å². The van der Waals surface area contributed by atoms with Gasteiger partial charge in [-0.1, -0.05) is 11.8 Å². The molecule has 2 aromatic heterocycles. The fourth-order valence-electron chi connectivity index (χ4n) is 3.61. The van der Waals surface area contributed by atoms with E-state index in [-0.39, 0.29) is 23.5 Å². The first kappa shape index (κ1) is 22.5. The van der Waals surface area contributed by atoms with Crippen LogP contribution >= 0.6 is 23.1 Å². The maximum Gasteiger partial charge on any atom is 0.235 e. The second-order valence-corrected chi connectivity index (χ2v) is 9.85. The molecule has 1 N–H and O–H groups in total. The number of aryl methyl sites for hydroxylation is 1. The monoisotopic (exact) mass is 470 g/mol. The Balaban J connectivity index is 1.54. The fourth-order valence-corrected chi connectivity index (χ4v) is 5.63. The maximum absolute atomic E-state index is 13.5. The molecule has 4 rings (SSSR count). The van der Waals surface area contributed by atoms with Crippen LogP contribution in [-0.2, 0) is 17.6 Å². The number of carbonyl (C=O) groups excluding carboxylic acids is 1. The van der Waals surface area contributed by atoms with Gasteiger partial charge in [0.25, 0.3) is 0 Å². The zero-order valence-corrected chi connectivity index (χ0v) is 19.7. The summed E-state index contributed by atoms with van der Waals surface area (Å²) in [5.74, 6) is 0.283. The largest absolute Gasteiger partial charge is 0.316 e. The Morgan fingerprint density at radius 1 is 1.34 bits per heavy atom. The number of nitriles is 1. The van der Waals surface area contributed by atoms with Crippen molar-refractivity contribution in [2.75, 3.05) is 25.2 Å². The minimum absolute atomic E-state index is 0.0394. The normalized spacial score (nSPS) is 13.8. The number of carbonyl (C=O) groups is 1. The topological polar surface area (TPSA) is 86.8 Å². The summed E-state index contributed by atoms with van der Waals surface area (Å²) in [5, 5.41) is 22.2. The predicted molar refractivity (Wildman–Crippen MR) is 124 cm³/mol. The van der Waals surface area contributed by atoms with Crippen LogP contribution in [0.4, 0.5) is 9.39 Å². The predicted octanol–water partition coefficient (Wildman–Crippen LogP) is 4.18. The molecule has 10 heteroatoms. The first-order chi connectivity index (χ1) is 15.4.